The molecule has 0 spiro atoms. The number of hydrogen-bond donors (Lipinski definition) is 3. The van der Waals surface area contributed by atoms with E-state index in [2.05, 4.69) is 16.0 Å². The molecule has 0 bridgehead atoms. The molecule has 0 aromatic heterocycles. The van der Waals surface area contributed by atoms with Gasteiger partial charge in [0, 0.05) is 36.6 Å². The smallest absolute Gasteiger partial charge is 0.321 e. The van der Waals surface area contributed by atoms with E-state index in [1.807, 2.05) is 0 Å². The summed E-state index contributed by atoms with van der Waals surface area (Å²) in [5.41, 5.74) is 1.67. The normalized spacial score (nSPS) is 13.5. The van der Waals surface area contributed by atoms with Crippen molar-refractivity contribution in [3.8, 4) is 0 Å². The molecule has 0 unspecified atom stereocenters. The van der Waals surface area contributed by atoms with Crippen molar-refractivity contribution >= 4 is 23.4 Å². The van der Waals surface area contributed by atoms with Gasteiger partial charge in [-0.05, 0) is 24.3 Å². The molecule has 4 amide bonds. The molecule has 2 aromatic carbocycles. The maximum atomic E-state index is 13.5. The summed E-state index contributed by atoms with van der Waals surface area (Å²) in [6.45, 7) is 1.27. The van der Waals surface area contributed by atoms with Crippen LogP contribution in [0.25, 0.3) is 0 Å². The third-order valence-corrected chi connectivity index (χ3v) is 3.67. The van der Waals surface area contributed by atoms with Gasteiger partial charge in [-0.25, -0.2) is 14.0 Å². The fourth-order valence-corrected chi connectivity index (χ4v) is 2.46. The van der Waals surface area contributed by atoms with E-state index >= 15 is 0 Å². The predicted octanol–water partition coefficient (Wildman–Crippen LogP) is 2.68. The standard InChI is InChI=1S/C17H17FN4O2/c18-15-7-2-1-4-12(15)11-20-16(23)21-13-5-3-6-14(10-13)22-9-8-19-17(22)24/h1-7,10H,8-9,11H2,(H,19,24)(H2,20,21,23). The highest BCUT2D eigenvalue weighted by atomic mass is 19.1. The number of hydrogen-bond acceptors (Lipinski definition) is 2. The molecular formula is C17H17FN4O2. The first-order valence-electron chi connectivity index (χ1n) is 7.57. The van der Waals surface area contributed by atoms with Gasteiger partial charge in [-0.2, -0.15) is 0 Å². The molecule has 24 heavy (non-hydrogen) atoms. The monoisotopic (exact) mass is 328 g/mol. The van der Waals surface area contributed by atoms with Crippen LogP contribution >= 0.6 is 0 Å². The minimum absolute atomic E-state index is 0.0900. The molecule has 1 aliphatic rings. The SMILES string of the molecule is O=C(NCc1ccccc1F)Nc1cccc(N2CCNC2=O)c1. The van der Waals surface area contributed by atoms with Gasteiger partial charge in [-0.1, -0.05) is 24.3 Å². The molecule has 7 heteroatoms. The molecule has 124 valence electrons. The topological polar surface area (TPSA) is 73.5 Å². The zero-order valence-electron chi connectivity index (χ0n) is 12.9. The number of urea groups is 2. The lowest BCUT2D eigenvalue weighted by atomic mass is 10.2. The molecule has 1 heterocycles. The van der Waals surface area contributed by atoms with Crippen LogP contribution in [0.5, 0.6) is 0 Å². The number of anilines is 2. The average Bonchev–Trinajstić information content (AvgIpc) is 3.00. The maximum Gasteiger partial charge on any atom is 0.321 e. The van der Waals surface area contributed by atoms with Crippen LogP contribution in [0.2, 0.25) is 0 Å². The Hall–Kier alpha value is -3.09. The molecule has 2 aromatic rings. The molecule has 3 rings (SSSR count). The van der Waals surface area contributed by atoms with Crippen molar-refractivity contribution in [3.63, 3.8) is 0 Å². The Balaban J connectivity index is 1.60. The fraction of sp³-hybridized carbons (Fsp3) is 0.176. The molecular weight excluding hydrogens is 311 g/mol. The van der Waals surface area contributed by atoms with Gasteiger partial charge >= 0.3 is 12.1 Å². The summed E-state index contributed by atoms with van der Waals surface area (Å²) in [5.74, 6) is -0.361. The number of amides is 4. The van der Waals surface area contributed by atoms with Gasteiger partial charge in [0.05, 0.1) is 0 Å². The number of benzene rings is 2. The number of nitrogens with one attached hydrogen (secondary N) is 3. The first kappa shape index (κ1) is 15.8. The quantitative estimate of drug-likeness (QED) is 0.807. The van der Waals surface area contributed by atoms with E-state index in [9.17, 15) is 14.0 Å². The largest absolute Gasteiger partial charge is 0.336 e. The second-order valence-corrected chi connectivity index (χ2v) is 5.33. The van der Waals surface area contributed by atoms with Crippen molar-refractivity contribution < 1.29 is 14.0 Å². The first-order valence-corrected chi connectivity index (χ1v) is 7.57. The van der Waals surface area contributed by atoms with Crippen molar-refractivity contribution in [2.45, 2.75) is 6.54 Å². The Morgan fingerprint density at radius 3 is 2.79 bits per heavy atom. The molecule has 3 N–H and O–H groups in total. The molecule has 0 saturated carbocycles. The predicted molar refractivity (Wildman–Crippen MR) is 89.4 cm³/mol. The van der Waals surface area contributed by atoms with Crippen LogP contribution in [0.15, 0.2) is 48.5 Å². The summed E-state index contributed by atoms with van der Waals surface area (Å²) in [5, 5.41) is 8.01. The summed E-state index contributed by atoms with van der Waals surface area (Å²) in [4.78, 5) is 25.2. The fourth-order valence-electron chi connectivity index (χ4n) is 2.46. The summed E-state index contributed by atoms with van der Waals surface area (Å²) in [6, 6.07) is 12.7. The van der Waals surface area contributed by atoms with Gasteiger partial charge in [0.2, 0.25) is 0 Å². The highest BCUT2D eigenvalue weighted by molar-refractivity contribution is 5.95. The molecule has 0 radical (unpaired) electrons. The lowest BCUT2D eigenvalue weighted by Gasteiger charge is -2.15. The van der Waals surface area contributed by atoms with Crippen LogP contribution in [-0.2, 0) is 6.54 Å². The van der Waals surface area contributed by atoms with Gasteiger partial charge in [0.15, 0.2) is 0 Å². The van der Waals surface area contributed by atoms with Crippen molar-refractivity contribution in [1.82, 2.24) is 10.6 Å². The van der Waals surface area contributed by atoms with Crippen LogP contribution in [0.1, 0.15) is 5.56 Å². The summed E-state index contributed by atoms with van der Waals surface area (Å²) in [6.07, 6.45) is 0. The van der Waals surface area contributed by atoms with E-state index in [0.29, 0.717) is 30.0 Å². The third-order valence-electron chi connectivity index (χ3n) is 3.67. The van der Waals surface area contributed by atoms with Crippen molar-refractivity contribution in [2.75, 3.05) is 23.3 Å². The molecule has 6 nitrogen and oxygen atoms in total. The Kier molecular flexibility index (Phi) is 4.60. The highest BCUT2D eigenvalue weighted by Gasteiger charge is 2.21. The minimum Gasteiger partial charge on any atom is -0.336 e. The highest BCUT2D eigenvalue weighted by Crippen LogP contribution is 2.20. The number of halogens is 1. The van der Waals surface area contributed by atoms with Gasteiger partial charge in [0.1, 0.15) is 5.82 Å². The number of carbonyl (C=O) groups is 2. The summed E-state index contributed by atoms with van der Waals surface area (Å²) in [7, 11) is 0. The zero-order chi connectivity index (χ0) is 16.9. The van der Waals surface area contributed by atoms with E-state index < -0.39 is 6.03 Å². The van der Waals surface area contributed by atoms with Crippen molar-refractivity contribution in [3.05, 3.63) is 59.9 Å². The maximum absolute atomic E-state index is 13.5. The molecule has 0 aliphatic carbocycles. The number of rotatable bonds is 4. The van der Waals surface area contributed by atoms with E-state index in [0.717, 1.165) is 0 Å². The summed E-state index contributed by atoms with van der Waals surface area (Å²) < 4.78 is 13.5. The Bertz CT molecular complexity index is 766. The van der Waals surface area contributed by atoms with Gasteiger partial charge < -0.3 is 16.0 Å². The molecule has 1 aliphatic heterocycles. The summed E-state index contributed by atoms with van der Waals surface area (Å²) >= 11 is 0. The van der Waals surface area contributed by atoms with Crippen molar-refractivity contribution in [2.24, 2.45) is 0 Å². The van der Waals surface area contributed by atoms with E-state index in [1.54, 1.807) is 47.4 Å². The Morgan fingerprint density at radius 1 is 1.21 bits per heavy atom. The Morgan fingerprint density at radius 2 is 2.04 bits per heavy atom. The third kappa shape index (κ3) is 3.62. The lowest BCUT2D eigenvalue weighted by molar-refractivity contribution is 0.251. The minimum atomic E-state index is -0.443. The van der Waals surface area contributed by atoms with Crippen LogP contribution in [0, 0.1) is 5.82 Å². The van der Waals surface area contributed by atoms with Gasteiger partial charge in [-0.15, -0.1) is 0 Å². The van der Waals surface area contributed by atoms with E-state index in [1.165, 1.54) is 6.07 Å². The first-order chi connectivity index (χ1) is 11.6. The Labute approximate surface area is 138 Å². The molecule has 0 atom stereocenters. The van der Waals surface area contributed by atoms with Crippen molar-refractivity contribution in [1.29, 1.82) is 0 Å². The molecule has 1 fully saturated rings. The average molecular weight is 328 g/mol. The van der Waals surface area contributed by atoms with Crippen LogP contribution in [0.3, 0.4) is 0 Å². The van der Waals surface area contributed by atoms with Gasteiger partial charge in [-0.3, -0.25) is 4.90 Å². The van der Waals surface area contributed by atoms with E-state index in [4.69, 9.17) is 0 Å². The number of nitrogens with zero attached hydrogens (tertiary/aromatic N) is 1. The van der Waals surface area contributed by atoms with Gasteiger partial charge in [0.25, 0.3) is 0 Å². The second-order valence-electron chi connectivity index (χ2n) is 5.33. The molecule has 1 saturated heterocycles. The van der Waals surface area contributed by atoms with E-state index in [-0.39, 0.29) is 18.4 Å². The number of carbonyl (C=O) groups excluding carboxylic acids is 2. The zero-order valence-corrected chi connectivity index (χ0v) is 12.9. The van der Waals surface area contributed by atoms with Crippen LogP contribution < -0.4 is 20.9 Å². The van der Waals surface area contributed by atoms with Crippen LogP contribution in [-0.4, -0.2) is 25.2 Å². The second kappa shape index (κ2) is 6.99. The van der Waals surface area contributed by atoms with Crippen LogP contribution in [0.4, 0.5) is 25.4 Å². The lowest BCUT2D eigenvalue weighted by Crippen LogP contribution is -2.29.